The molecule has 0 bridgehead atoms. The van der Waals surface area contributed by atoms with E-state index in [-0.39, 0.29) is 12.1 Å². The van der Waals surface area contributed by atoms with Gasteiger partial charge in [0.25, 0.3) is 0 Å². The van der Waals surface area contributed by atoms with Gasteiger partial charge in [0.15, 0.2) is 0 Å². The Morgan fingerprint density at radius 3 is 2.31 bits per heavy atom. The Hall–Kier alpha value is -0.790. The molecule has 0 aliphatic rings. The largest absolute Gasteiger partial charge is 0.459 e. The quantitative estimate of drug-likeness (QED) is 0.496. The minimum absolute atomic E-state index is 0.0161. The van der Waals surface area contributed by atoms with E-state index in [0.717, 1.165) is 6.42 Å². The molecule has 0 saturated carbocycles. The van der Waals surface area contributed by atoms with Gasteiger partial charge in [0.2, 0.25) is 0 Å². The summed E-state index contributed by atoms with van der Waals surface area (Å²) in [6.07, 6.45) is 2.70. The number of carbonyl (C=O) groups is 1. The maximum Gasteiger partial charge on any atom is 0.333 e. The van der Waals surface area contributed by atoms with Gasteiger partial charge in [0.05, 0.1) is 6.10 Å². The van der Waals surface area contributed by atoms with E-state index < -0.39 is 0 Å². The minimum atomic E-state index is -0.198. The van der Waals surface area contributed by atoms with Crippen molar-refractivity contribution in [1.29, 1.82) is 0 Å². The molecular formula is C11H20O2. The van der Waals surface area contributed by atoms with Crippen LogP contribution in [0.25, 0.3) is 0 Å². The highest BCUT2D eigenvalue weighted by atomic mass is 16.5. The van der Waals surface area contributed by atoms with E-state index in [0.29, 0.717) is 11.5 Å². The van der Waals surface area contributed by atoms with Gasteiger partial charge in [-0.2, -0.15) is 0 Å². The molecule has 0 fully saturated rings. The third-order valence-corrected chi connectivity index (χ3v) is 1.87. The standard InChI is InChI=1S/C11H20O2/c1-6-9(4)11(12)13-10(5)7-8(2)3/h6,8,10H,7H2,1-5H3/b9-6+. The summed E-state index contributed by atoms with van der Waals surface area (Å²) in [5, 5.41) is 0. The second kappa shape index (κ2) is 5.79. The normalized spacial score (nSPS) is 14.5. The average Bonchev–Trinajstić information content (AvgIpc) is 2.01. The monoisotopic (exact) mass is 184 g/mol. The first kappa shape index (κ1) is 12.2. The maximum atomic E-state index is 11.3. The summed E-state index contributed by atoms with van der Waals surface area (Å²) in [5.74, 6) is 0.365. The van der Waals surface area contributed by atoms with Gasteiger partial charge in [-0.3, -0.25) is 0 Å². The molecule has 0 aromatic heterocycles. The molecule has 1 atom stereocenters. The van der Waals surface area contributed by atoms with Crippen LogP contribution in [0.4, 0.5) is 0 Å². The predicted molar refractivity (Wildman–Crippen MR) is 54.4 cm³/mol. The van der Waals surface area contributed by atoms with Crippen LogP contribution in [0.2, 0.25) is 0 Å². The van der Waals surface area contributed by atoms with Crippen LogP contribution in [0, 0.1) is 5.92 Å². The zero-order chi connectivity index (χ0) is 10.4. The van der Waals surface area contributed by atoms with Gasteiger partial charge in [-0.05, 0) is 33.1 Å². The van der Waals surface area contributed by atoms with Crippen LogP contribution in [0.15, 0.2) is 11.6 Å². The first-order valence-corrected chi connectivity index (χ1v) is 4.81. The Labute approximate surface area is 81.0 Å². The zero-order valence-electron chi connectivity index (χ0n) is 9.26. The Kier molecular flexibility index (Phi) is 5.44. The van der Waals surface area contributed by atoms with Crippen molar-refractivity contribution < 1.29 is 9.53 Å². The van der Waals surface area contributed by atoms with E-state index in [1.54, 1.807) is 13.0 Å². The van der Waals surface area contributed by atoms with Crippen molar-refractivity contribution in [1.82, 2.24) is 0 Å². The van der Waals surface area contributed by atoms with Gasteiger partial charge in [-0.15, -0.1) is 0 Å². The number of hydrogen-bond donors (Lipinski definition) is 0. The van der Waals surface area contributed by atoms with Gasteiger partial charge in [0, 0.05) is 5.57 Å². The summed E-state index contributed by atoms with van der Waals surface area (Å²) in [4.78, 5) is 11.3. The number of ether oxygens (including phenoxy) is 1. The molecule has 13 heavy (non-hydrogen) atoms. The molecule has 1 unspecified atom stereocenters. The van der Waals surface area contributed by atoms with E-state index >= 15 is 0 Å². The highest BCUT2D eigenvalue weighted by Crippen LogP contribution is 2.09. The topological polar surface area (TPSA) is 26.3 Å². The van der Waals surface area contributed by atoms with Crippen molar-refractivity contribution in [3.05, 3.63) is 11.6 Å². The highest BCUT2D eigenvalue weighted by molar-refractivity contribution is 5.87. The predicted octanol–water partition coefficient (Wildman–Crippen LogP) is 2.93. The molecule has 2 nitrogen and oxygen atoms in total. The van der Waals surface area contributed by atoms with E-state index in [1.807, 2.05) is 13.8 Å². The van der Waals surface area contributed by atoms with Crippen LogP contribution < -0.4 is 0 Å². The summed E-state index contributed by atoms with van der Waals surface area (Å²) in [5.41, 5.74) is 0.676. The van der Waals surface area contributed by atoms with Crippen molar-refractivity contribution in [2.75, 3.05) is 0 Å². The molecule has 0 aliphatic heterocycles. The Balaban J connectivity index is 3.92. The van der Waals surface area contributed by atoms with Crippen molar-refractivity contribution >= 4 is 5.97 Å². The molecule has 0 saturated heterocycles. The lowest BCUT2D eigenvalue weighted by molar-refractivity contribution is -0.144. The lowest BCUT2D eigenvalue weighted by Gasteiger charge is -2.15. The lowest BCUT2D eigenvalue weighted by Crippen LogP contribution is -2.17. The fraction of sp³-hybridized carbons (Fsp3) is 0.727. The second-order valence-electron chi connectivity index (χ2n) is 3.82. The maximum absolute atomic E-state index is 11.3. The number of rotatable bonds is 4. The Morgan fingerprint density at radius 1 is 1.38 bits per heavy atom. The van der Waals surface area contributed by atoms with Crippen molar-refractivity contribution in [3.63, 3.8) is 0 Å². The van der Waals surface area contributed by atoms with Crippen LogP contribution in [0.1, 0.15) is 41.0 Å². The summed E-state index contributed by atoms with van der Waals surface area (Å²) >= 11 is 0. The number of esters is 1. The van der Waals surface area contributed by atoms with Gasteiger partial charge in [-0.25, -0.2) is 4.79 Å². The molecule has 2 heteroatoms. The summed E-state index contributed by atoms with van der Waals surface area (Å²) in [7, 11) is 0. The van der Waals surface area contributed by atoms with Crippen LogP contribution in [0.5, 0.6) is 0 Å². The van der Waals surface area contributed by atoms with Crippen LogP contribution >= 0.6 is 0 Å². The third-order valence-electron chi connectivity index (χ3n) is 1.87. The Bertz CT molecular complexity index is 192. The van der Waals surface area contributed by atoms with Gasteiger partial charge >= 0.3 is 5.97 Å². The molecule has 0 aliphatic carbocycles. The molecule has 0 heterocycles. The molecule has 0 N–H and O–H groups in total. The third kappa shape index (κ3) is 5.45. The summed E-state index contributed by atoms with van der Waals surface area (Å²) in [6.45, 7) is 9.77. The van der Waals surface area contributed by atoms with Gasteiger partial charge in [0.1, 0.15) is 0 Å². The second-order valence-corrected chi connectivity index (χ2v) is 3.82. The Morgan fingerprint density at radius 2 is 1.92 bits per heavy atom. The van der Waals surface area contributed by atoms with Crippen molar-refractivity contribution in [2.45, 2.75) is 47.1 Å². The first-order valence-electron chi connectivity index (χ1n) is 4.81. The number of carbonyl (C=O) groups excluding carboxylic acids is 1. The smallest absolute Gasteiger partial charge is 0.333 e. The summed E-state index contributed by atoms with van der Waals surface area (Å²) in [6, 6.07) is 0. The molecule has 0 spiro atoms. The van der Waals surface area contributed by atoms with Gasteiger partial charge < -0.3 is 4.74 Å². The van der Waals surface area contributed by atoms with Crippen molar-refractivity contribution in [3.8, 4) is 0 Å². The fourth-order valence-corrected chi connectivity index (χ4v) is 1.11. The zero-order valence-corrected chi connectivity index (χ0v) is 9.26. The fourth-order valence-electron chi connectivity index (χ4n) is 1.11. The molecule has 0 radical (unpaired) electrons. The lowest BCUT2D eigenvalue weighted by atomic mass is 10.1. The van der Waals surface area contributed by atoms with Crippen LogP contribution in [-0.2, 0) is 9.53 Å². The van der Waals surface area contributed by atoms with E-state index in [4.69, 9.17) is 4.74 Å². The average molecular weight is 184 g/mol. The number of allylic oxidation sites excluding steroid dienone is 1. The molecule has 0 amide bonds. The highest BCUT2D eigenvalue weighted by Gasteiger charge is 2.11. The molecule has 0 aromatic rings. The van der Waals surface area contributed by atoms with E-state index in [1.165, 1.54) is 0 Å². The molecular weight excluding hydrogens is 164 g/mol. The van der Waals surface area contributed by atoms with E-state index in [2.05, 4.69) is 13.8 Å². The first-order chi connectivity index (χ1) is 5.97. The van der Waals surface area contributed by atoms with E-state index in [9.17, 15) is 4.79 Å². The minimum Gasteiger partial charge on any atom is -0.459 e. The van der Waals surface area contributed by atoms with Crippen molar-refractivity contribution in [2.24, 2.45) is 5.92 Å². The van der Waals surface area contributed by atoms with Crippen LogP contribution in [0.3, 0.4) is 0 Å². The van der Waals surface area contributed by atoms with Crippen LogP contribution in [-0.4, -0.2) is 12.1 Å². The number of hydrogen-bond acceptors (Lipinski definition) is 2. The molecule has 76 valence electrons. The van der Waals surface area contributed by atoms with Gasteiger partial charge in [-0.1, -0.05) is 19.9 Å². The SMILES string of the molecule is C/C=C(\C)C(=O)OC(C)CC(C)C. The molecule has 0 aromatic carbocycles. The summed E-state index contributed by atoms with van der Waals surface area (Å²) < 4.78 is 5.21. The molecule has 0 rings (SSSR count).